The molecular formula is C17H13FN2O. The van der Waals surface area contributed by atoms with E-state index in [0.29, 0.717) is 11.3 Å². The van der Waals surface area contributed by atoms with Gasteiger partial charge in [0.05, 0.1) is 5.52 Å². The number of hydrogen-bond acceptors (Lipinski definition) is 3. The molecule has 1 aromatic heterocycles. The van der Waals surface area contributed by atoms with Crippen molar-refractivity contribution in [2.75, 3.05) is 7.11 Å². The Labute approximate surface area is 121 Å². The lowest BCUT2D eigenvalue weighted by Gasteiger charge is -2.07. The Hall–Kier alpha value is -2.75. The number of oxime groups is 1. The molecule has 104 valence electrons. The normalized spacial score (nSPS) is 11.6. The number of benzene rings is 2. The average molecular weight is 280 g/mol. The SMILES string of the molecule is CON=C(c1cccc(F)c1)c1cnc2ccccc2c1. The smallest absolute Gasteiger partial charge is 0.123 e. The van der Waals surface area contributed by atoms with Gasteiger partial charge in [0.1, 0.15) is 18.6 Å². The second kappa shape index (κ2) is 5.71. The lowest BCUT2D eigenvalue weighted by atomic mass is 10.0. The molecule has 2 aromatic carbocycles. The van der Waals surface area contributed by atoms with Crippen LogP contribution in [-0.4, -0.2) is 17.8 Å². The summed E-state index contributed by atoms with van der Waals surface area (Å²) < 4.78 is 13.4. The van der Waals surface area contributed by atoms with Gasteiger partial charge in [-0.15, -0.1) is 0 Å². The average Bonchev–Trinajstić information content (AvgIpc) is 2.52. The zero-order valence-corrected chi connectivity index (χ0v) is 11.5. The highest BCUT2D eigenvalue weighted by molar-refractivity contribution is 6.13. The van der Waals surface area contributed by atoms with E-state index >= 15 is 0 Å². The third kappa shape index (κ3) is 2.74. The standard InChI is InChI=1S/C17H13FN2O/c1-21-20-17(13-6-4-7-15(18)10-13)14-9-12-5-2-3-8-16(12)19-11-14/h2-11H,1H3. The number of hydrogen-bond donors (Lipinski definition) is 0. The Morgan fingerprint density at radius 3 is 2.71 bits per heavy atom. The highest BCUT2D eigenvalue weighted by Gasteiger charge is 2.10. The van der Waals surface area contributed by atoms with Crippen molar-refractivity contribution >= 4 is 16.6 Å². The molecule has 3 aromatic rings. The first-order valence-electron chi connectivity index (χ1n) is 6.50. The number of fused-ring (bicyclic) bond motifs is 1. The zero-order chi connectivity index (χ0) is 14.7. The highest BCUT2D eigenvalue weighted by Crippen LogP contribution is 2.17. The van der Waals surface area contributed by atoms with Crippen molar-refractivity contribution in [2.24, 2.45) is 5.16 Å². The van der Waals surface area contributed by atoms with Crippen LogP contribution in [0.25, 0.3) is 10.9 Å². The first kappa shape index (κ1) is 13.2. The molecule has 0 aliphatic heterocycles. The molecule has 0 radical (unpaired) electrons. The van der Waals surface area contributed by atoms with E-state index in [4.69, 9.17) is 4.84 Å². The number of rotatable bonds is 3. The molecule has 3 rings (SSSR count). The fraction of sp³-hybridized carbons (Fsp3) is 0.0588. The van der Waals surface area contributed by atoms with Gasteiger partial charge in [-0.3, -0.25) is 4.98 Å². The summed E-state index contributed by atoms with van der Waals surface area (Å²) in [5.41, 5.74) is 2.88. The third-order valence-electron chi connectivity index (χ3n) is 3.14. The molecule has 0 aliphatic carbocycles. The lowest BCUT2D eigenvalue weighted by molar-refractivity contribution is 0.214. The second-order valence-electron chi connectivity index (χ2n) is 4.55. The molecule has 0 N–H and O–H groups in total. The van der Waals surface area contributed by atoms with Gasteiger partial charge < -0.3 is 4.84 Å². The van der Waals surface area contributed by atoms with Gasteiger partial charge >= 0.3 is 0 Å². The van der Waals surface area contributed by atoms with Crippen molar-refractivity contribution in [3.8, 4) is 0 Å². The van der Waals surface area contributed by atoms with Crippen molar-refractivity contribution in [1.29, 1.82) is 0 Å². The van der Waals surface area contributed by atoms with Gasteiger partial charge in [0.15, 0.2) is 0 Å². The van der Waals surface area contributed by atoms with Crippen LogP contribution in [0.1, 0.15) is 11.1 Å². The number of nitrogens with zero attached hydrogens (tertiary/aromatic N) is 2. The third-order valence-corrected chi connectivity index (χ3v) is 3.14. The first-order valence-corrected chi connectivity index (χ1v) is 6.50. The van der Waals surface area contributed by atoms with Gasteiger partial charge in [0.2, 0.25) is 0 Å². The Morgan fingerprint density at radius 2 is 1.90 bits per heavy atom. The topological polar surface area (TPSA) is 34.5 Å². The van der Waals surface area contributed by atoms with E-state index in [2.05, 4.69) is 10.1 Å². The summed E-state index contributed by atoms with van der Waals surface area (Å²) in [6, 6.07) is 16.0. The van der Waals surface area contributed by atoms with Gasteiger partial charge in [0.25, 0.3) is 0 Å². The lowest BCUT2D eigenvalue weighted by Crippen LogP contribution is -2.05. The number of para-hydroxylation sites is 1. The van der Waals surface area contributed by atoms with Gasteiger partial charge in [-0.1, -0.05) is 35.5 Å². The van der Waals surface area contributed by atoms with Crippen LogP contribution in [0.15, 0.2) is 65.9 Å². The first-order chi connectivity index (χ1) is 10.3. The van der Waals surface area contributed by atoms with Crippen LogP contribution in [0.2, 0.25) is 0 Å². The summed E-state index contributed by atoms with van der Waals surface area (Å²) in [4.78, 5) is 9.30. The number of pyridine rings is 1. The predicted molar refractivity (Wildman–Crippen MR) is 80.8 cm³/mol. The molecule has 0 saturated carbocycles. The Morgan fingerprint density at radius 1 is 1.05 bits per heavy atom. The largest absolute Gasteiger partial charge is 0.399 e. The molecule has 0 unspecified atom stereocenters. The molecule has 1 heterocycles. The maximum absolute atomic E-state index is 13.4. The molecule has 0 saturated heterocycles. The summed E-state index contributed by atoms with van der Waals surface area (Å²) in [5, 5.41) is 5.02. The maximum Gasteiger partial charge on any atom is 0.123 e. The fourth-order valence-corrected chi connectivity index (χ4v) is 2.20. The minimum Gasteiger partial charge on any atom is -0.399 e. The van der Waals surface area contributed by atoms with Crippen LogP contribution in [0, 0.1) is 5.82 Å². The van der Waals surface area contributed by atoms with E-state index < -0.39 is 0 Å². The van der Waals surface area contributed by atoms with Crippen LogP contribution >= 0.6 is 0 Å². The van der Waals surface area contributed by atoms with Gasteiger partial charge in [0, 0.05) is 22.7 Å². The number of halogens is 1. The molecule has 0 fully saturated rings. The van der Waals surface area contributed by atoms with E-state index in [0.717, 1.165) is 16.5 Å². The monoisotopic (exact) mass is 280 g/mol. The summed E-state index contributed by atoms with van der Waals surface area (Å²) in [6.07, 6.45) is 1.71. The summed E-state index contributed by atoms with van der Waals surface area (Å²) in [6.45, 7) is 0. The molecule has 0 bridgehead atoms. The summed E-state index contributed by atoms with van der Waals surface area (Å²) in [7, 11) is 1.47. The molecule has 21 heavy (non-hydrogen) atoms. The van der Waals surface area contributed by atoms with Crippen molar-refractivity contribution in [1.82, 2.24) is 4.98 Å². The molecule has 4 heteroatoms. The van der Waals surface area contributed by atoms with E-state index in [1.54, 1.807) is 18.3 Å². The van der Waals surface area contributed by atoms with Gasteiger partial charge in [-0.25, -0.2) is 4.39 Å². The highest BCUT2D eigenvalue weighted by atomic mass is 19.1. The van der Waals surface area contributed by atoms with Crippen molar-refractivity contribution in [2.45, 2.75) is 0 Å². The molecule has 0 atom stereocenters. The number of aromatic nitrogens is 1. The van der Waals surface area contributed by atoms with Crippen LogP contribution in [0.5, 0.6) is 0 Å². The summed E-state index contributed by atoms with van der Waals surface area (Å²) >= 11 is 0. The molecule has 0 aliphatic rings. The fourth-order valence-electron chi connectivity index (χ4n) is 2.20. The van der Waals surface area contributed by atoms with Crippen LogP contribution in [0.4, 0.5) is 4.39 Å². The van der Waals surface area contributed by atoms with Crippen LogP contribution < -0.4 is 0 Å². The zero-order valence-electron chi connectivity index (χ0n) is 11.5. The quantitative estimate of drug-likeness (QED) is 0.540. The Kier molecular flexibility index (Phi) is 3.60. The van der Waals surface area contributed by atoms with E-state index in [-0.39, 0.29) is 5.82 Å². The van der Waals surface area contributed by atoms with Gasteiger partial charge in [-0.2, -0.15) is 0 Å². The van der Waals surface area contributed by atoms with Crippen molar-refractivity contribution < 1.29 is 9.23 Å². The maximum atomic E-state index is 13.4. The molecule has 0 spiro atoms. The van der Waals surface area contributed by atoms with Crippen molar-refractivity contribution in [3.63, 3.8) is 0 Å². The summed E-state index contributed by atoms with van der Waals surface area (Å²) in [5.74, 6) is -0.315. The van der Waals surface area contributed by atoms with Gasteiger partial charge in [-0.05, 0) is 24.3 Å². The molecular weight excluding hydrogens is 267 g/mol. The Bertz CT molecular complexity index is 815. The Balaban J connectivity index is 2.13. The minimum atomic E-state index is -0.315. The van der Waals surface area contributed by atoms with E-state index in [9.17, 15) is 4.39 Å². The molecule has 3 nitrogen and oxygen atoms in total. The minimum absolute atomic E-state index is 0.315. The van der Waals surface area contributed by atoms with E-state index in [1.807, 2.05) is 30.3 Å². The molecule has 0 amide bonds. The van der Waals surface area contributed by atoms with Crippen molar-refractivity contribution in [3.05, 3.63) is 77.7 Å². The predicted octanol–water partition coefficient (Wildman–Crippen LogP) is 3.77. The van der Waals surface area contributed by atoms with E-state index in [1.165, 1.54) is 19.2 Å². The second-order valence-corrected chi connectivity index (χ2v) is 4.55. The van der Waals surface area contributed by atoms with Crippen LogP contribution in [-0.2, 0) is 4.84 Å². The van der Waals surface area contributed by atoms with Crippen LogP contribution in [0.3, 0.4) is 0 Å².